The van der Waals surface area contributed by atoms with Gasteiger partial charge >= 0.3 is 6.18 Å². The predicted octanol–water partition coefficient (Wildman–Crippen LogP) is 3.45. The number of ether oxygens (including phenoxy) is 1. The summed E-state index contributed by atoms with van der Waals surface area (Å²) < 4.78 is 66.8. The van der Waals surface area contributed by atoms with Crippen LogP contribution in [-0.4, -0.2) is 52.2 Å². The van der Waals surface area contributed by atoms with Gasteiger partial charge in [0.2, 0.25) is 5.91 Å². The van der Waals surface area contributed by atoms with Gasteiger partial charge in [-0.2, -0.15) is 13.2 Å². The van der Waals surface area contributed by atoms with E-state index in [1.807, 2.05) is 0 Å². The number of hydrogen-bond donors (Lipinski definition) is 1. The van der Waals surface area contributed by atoms with E-state index in [0.29, 0.717) is 18.7 Å². The highest BCUT2D eigenvalue weighted by Gasteiger charge is 2.30. The molecule has 6 nitrogen and oxygen atoms in total. The van der Waals surface area contributed by atoms with E-state index >= 15 is 0 Å². The molecule has 10 heteroatoms. The van der Waals surface area contributed by atoms with Crippen molar-refractivity contribution in [2.24, 2.45) is 0 Å². The molecule has 2 rings (SSSR count). The molecule has 0 spiro atoms. The zero-order valence-electron chi connectivity index (χ0n) is 16.6. The van der Waals surface area contributed by atoms with Crippen molar-refractivity contribution in [1.82, 2.24) is 4.90 Å². The van der Waals surface area contributed by atoms with Gasteiger partial charge in [0, 0.05) is 25.5 Å². The predicted molar refractivity (Wildman–Crippen MR) is 107 cm³/mol. The lowest BCUT2D eigenvalue weighted by Crippen LogP contribution is -2.33. The first-order valence-electron chi connectivity index (χ1n) is 9.05. The molecule has 0 aliphatic rings. The number of carbonyl (C=O) groups is 1. The third-order valence-corrected chi connectivity index (χ3v) is 5.31. The van der Waals surface area contributed by atoms with Crippen LogP contribution in [0.1, 0.15) is 12.0 Å². The van der Waals surface area contributed by atoms with Crippen LogP contribution in [0.2, 0.25) is 0 Å². The molecule has 0 unspecified atom stereocenters. The number of amides is 1. The van der Waals surface area contributed by atoms with E-state index in [2.05, 4.69) is 5.32 Å². The van der Waals surface area contributed by atoms with Crippen molar-refractivity contribution < 1.29 is 31.1 Å². The van der Waals surface area contributed by atoms with Gasteiger partial charge in [-0.15, -0.1) is 0 Å². The average molecular weight is 444 g/mol. The van der Waals surface area contributed by atoms with Gasteiger partial charge in [0.05, 0.1) is 23.6 Å². The van der Waals surface area contributed by atoms with E-state index in [1.165, 1.54) is 29.2 Å². The molecule has 0 fully saturated rings. The molecule has 0 aromatic heterocycles. The van der Waals surface area contributed by atoms with E-state index in [-0.39, 0.29) is 29.6 Å². The number of likely N-dealkylation sites (N-methyl/N-ethyl adjacent to an activating group) is 1. The Labute approximate surface area is 173 Å². The second-order valence-corrected chi connectivity index (χ2v) is 8.71. The van der Waals surface area contributed by atoms with Crippen molar-refractivity contribution in [3.8, 4) is 5.75 Å². The Bertz CT molecular complexity index is 978. The van der Waals surface area contributed by atoms with Gasteiger partial charge in [-0.25, -0.2) is 8.42 Å². The fourth-order valence-corrected chi connectivity index (χ4v) is 3.19. The minimum Gasteiger partial charge on any atom is -0.493 e. The lowest BCUT2D eigenvalue weighted by Gasteiger charge is -2.18. The highest BCUT2D eigenvalue weighted by atomic mass is 32.2. The van der Waals surface area contributed by atoms with Gasteiger partial charge in [-0.05, 0) is 42.8 Å². The number of nitrogens with one attached hydrogen (secondary N) is 1. The molecule has 0 saturated carbocycles. The van der Waals surface area contributed by atoms with Crippen LogP contribution in [0.25, 0.3) is 0 Å². The van der Waals surface area contributed by atoms with E-state index in [4.69, 9.17) is 4.74 Å². The Kier molecular flexibility index (Phi) is 7.71. The van der Waals surface area contributed by atoms with Crippen LogP contribution in [0.4, 0.5) is 18.9 Å². The number of rotatable bonds is 9. The van der Waals surface area contributed by atoms with Gasteiger partial charge < -0.3 is 15.0 Å². The SMILES string of the molecule is CN(CCCOc1cccc(S(C)(=O)=O)c1)C(=O)CNc1cccc(C(F)(F)F)c1. The Morgan fingerprint density at radius 3 is 2.50 bits per heavy atom. The summed E-state index contributed by atoms with van der Waals surface area (Å²) in [5.74, 6) is 0.129. The summed E-state index contributed by atoms with van der Waals surface area (Å²) in [6.07, 6.45) is -2.84. The molecule has 30 heavy (non-hydrogen) atoms. The maximum absolute atomic E-state index is 12.7. The first-order chi connectivity index (χ1) is 14.0. The molecule has 0 aliphatic heterocycles. The number of anilines is 1. The molecule has 0 bridgehead atoms. The molecule has 1 N–H and O–H groups in total. The minimum absolute atomic E-state index is 0.144. The summed E-state index contributed by atoms with van der Waals surface area (Å²) in [6, 6.07) is 10.8. The van der Waals surface area contributed by atoms with Crippen LogP contribution >= 0.6 is 0 Å². The number of halogens is 3. The van der Waals surface area contributed by atoms with Gasteiger partial charge in [0.1, 0.15) is 5.75 Å². The van der Waals surface area contributed by atoms with Gasteiger partial charge in [0.15, 0.2) is 9.84 Å². The average Bonchev–Trinajstić information content (AvgIpc) is 2.68. The molecule has 1 amide bonds. The number of alkyl halides is 3. The first kappa shape index (κ1) is 23.5. The molecule has 0 radical (unpaired) electrons. The Morgan fingerprint density at radius 1 is 1.13 bits per heavy atom. The second-order valence-electron chi connectivity index (χ2n) is 6.70. The highest BCUT2D eigenvalue weighted by Crippen LogP contribution is 2.30. The smallest absolute Gasteiger partial charge is 0.416 e. The second kappa shape index (κ2) is 9.84. The third kappa shape index (κ3) is 7.25. The summed E-state index contributed by atoms with van der Waals surface area (Å²) in [6.45, 7) is 0.496. The van der Waals surface area contributed by atoms with Crippen molar-refractivity contribution in [3.63, 3.8) is 0 Å². The lowest BCUT2D eigenvalue weighted by molar-refractivity contribution is -0.137. The highest BCUT2D eigenvalue weighted by molar-refractivity contribution is 7.90. The Hall–Kier alpha value is -2.75. The van der Waals surface area contributed by atoms with Crippen LogP contribution in [0.3, 0.4) is 0 Å². The molecule has 2 aromatic carbocycles. The van der Waals surface area contributed by atoms with Crippen molar-refractivity contribution in [2.75, 3.05) is 38.3 Å². The van der Waals surface area contributed by atoms with E-state index in [1.54, 1.807) is 19.2 Å². The van der Waals surface area contributed by atoms with Crippen molar-refractivity contribution in [1.29, 1.82) is 0 Å². The molecular formula is C20H23F3N2O4S. The topological polar surface area (TPSA) is 75.7 Å². The molecule has 0 heterocycles. The molecular weight excluding hydrogens is 421 g/mol. The van der Waals surface area contributed by atoms with Crippen LogP contribution in [0.5, 0.6) is 5.75 Å². The van der Waals surface area contributed by atoms with Crippen molar-refractivity contribution >= 4 is 21.4 Å². The van der Waals surface area contributed by atoms with Crippen LogP contribution in [0.15, 0.2) is 53.4 Å². The number of hydrogen-bond acceptors (Lipinski definition) is 5. The maximum Gasteiger partial charge on any atom is 0.416 e. The summed E-state index contributed by atoms with van der Waals surface area (Å²) >= 11 is 0. The van der Waals surface area contributed by atoms with Crippen LogP contribution < -0.4 is 10.1 Å². The van der Waals surface area contributed by atoms with Gasteiger partial charge in [-0.3, -0.25) is 4.79 Å². The fraction of sp³-hybridized carbons (Fsp3) is 0.350. The summed E-state index contributed by atoms with van der Waals surface area (Å²) in [5, 5.41) is 2.70. The largest absolute Gasteiger partial charge is 0.493 e. The third-order valence-electron chi connectivity index (χ3n) is 4.20. The number of sulfone groups is 1. The van der Waals surface area contributed by atoms with Gasteiger partial charge in [0.25, 0.3) is 0 Å². The standard InChI is InChI=1S/C20H23F3N2O4S/c1-25(10-5-11-29-17-8-4-9-18(13-17)30(2,27)28)19(26)14-24-16-7-3-6-15(12-16)20(21,22)23/h3-4,6-9,12-13,24H,5,10-11,14H2,1-2H3. The Balaban J connectivity index is 1.76. The van der Waals surface area contributed by atoms with Crippen LogP contribution in [-0.2, 0) is 20.8 Å². The summed E-state index contributed by atoms with van der Waals surface area (Å²) in [7, 11) is -1.74. The normalized spacial score (nSPS) is 11.8. The molecule has 164 valence electrons. The van der Waals surface area contributed by atoms with E-state index in [9.17, 15) is 26.4 Å². The zero-order valence-corrected chi connectivity index (χ0v) is 17.4. The van der Waals surface area contributed by atoms with E-state index < -0.39 is 21.6 Å². The fourth-order valence-electron chi connectivity index (χ4n) is 2.53. The quantitative estimate of drug-likeness (QED) is 0.600. The monoisotopic (exact) mass is 444 g/mol. The molecule has 0 atom stereocenters. The summed E-state index contributed by atoms with van der Waals surface area (Å²) in [4.78, 5) is 13.8. The number of nitrogens with zero attached hydrogens (tertiary/aromatic N) is 1. The lowest BCUT2D eigenvalue weighted by atomic mass is 10.2. The Morgan fingerprint density at radius 2 is 1.83 bits per heavy atom. The van der Waals surface area contributed by atoms with Gasteiger partial charge in [-0.1, -0.05) is 12.1 Å². The molecule has 0 saturated heterocycles. The number of benzene rings is 2. The molecule has 2 aromatic rings. The maximum atomic E-state index is 12.7. The van der Waals surface area contributed by atoms with Crippen LogP contribution in [0, 0.1) is 0 Å². The van der Waals surface area contributed by atoms with Crippen molar-refractivity contribution in [3.05, 3.63) is 54.1 Å². The van der Waals surface area contributed by atoms with Crippen molar-refractivity contribution in [2.45, 2.75) is 17.5 Å². The first-order valence-corrected chi connectivity index (χ1v) is 10.9. The number of carbonyl (C=O) groups excluding carboxylic acids is 1. The molecule has 0 aliphatic carbocycles. The zero-order chi connectivity index (χ0) is 22.4. The minimum atomic E-state index is -4.45. The van der Waals surface area contributed by atoms with E-state index in [0.717, 1.165) is 18.4 Å². The summed E-state index contributed by atoms with van der Waals surface area (Å²) in [5.41, 5.74) is -0.578.